The van der Waals surface area contributed by atoms with Crippen LogP contribution in [-0.4, -0.2) is 91.0 Å². The number of hydrogen-bond acceptors (Lipinski definition) is 9. The van der Waals surface area contributed by atoms with Gasteiger partial charge in [0.05, 0.1) is 23.7 Å². The van der Waals surface area contributed by atoms with Crippen molar-refractivity contribution in [2.24, 2.45) is 11.3 Å². The van der Waals surface area contributed by atoms with Gasteiger partial charge in [-0.1, -0.05) is 25.4 Å². The van der Waals surface area contributed by atoms with Gasteiger partial charge in [0, 0.05) is 56.3 Å². The Morgan fingerprint density at radius 3 is 2.58 bits per heavy atom. The average molecular weight is 601 g/mol. The summed E-state index contributed by atoms with van der Waals surface area (Å²) in [4.78, 5) is 49.3. The molecule has 12 nitrogen and oxygen atoms in total. The second-order valence-electron chi connectivity index (χ2n) is 12.1. The van der Waals surface area contributed by atoms with Gasteiger partial charge >= 0.3 is 0 Å². The maximum absolute atomic E-state index is 13.1. The fraction of sp³-hybridized carbons (Fsp3) is 0.621. The van der Waals surface area contributed by atoms with Gasteiger partial charge in [0.15, 0.2) is 5.82 Å². The van der Waals surface area contributed by atoms with E-state index in [2.05, 4.69) is 47.0 Å². The lowest BCUT2D eigenvalue weighted by Crippen LogP contribution is -2.58. The molecule has 0 radical (unpaired) electrons. The highest BCUT2D eigenvalue weighted by atomic mass is 19.3. The number of aldehydes is 1. The zero-order valence-corrected chi connectivity index (χ0v) is 24.9. The van der Waals surface area contributed by atoms with Gasteiger partial charge in [-0.05, 0) is 32.9 Å². The number of halogens is 2. The van der Waals surface area contributed by atoms with Crippen LogP contribution in [0.15, 0.2) is 34.0 Å². The van der Waals surface area contributed by atoms with Crippen molar-refractivity contribution in [3.8, 4) is 0 Å². The minimum absolute atomic E-state index is 0.0488. The second-order valence-corrected chi connectivity index (χ2v) is 12.1. The SMILES string of the molecule is CCCC(CC)c1ccn(C(C)c2nc(C3CN(C(=O)c4c[nH]c(=O)cn4)CC34CN(C)C4)no2)n1.O=CC1CC1(F)F. The first kappa shape index (κ1) is 30.6. The van der Waals surface area contributed by atoms with Crippen LogP contribution in [0.25, 0.3) is 0 Å². The summed E-state index contributed by atoms with van der Waals surface area (Å²) in [6, 6.07) is 1.89. The van der Waals surface area contributed by atoms with Crippen LogP contribution in [0.3, 0.4) is 0 Å². The van der Waals surface area contributed by atoms with Crippen LogP contribution in [0.1, 0.15) is 92.2 Å². The van der Waals surface area contributed by atoms with E-state index >= 15 is 0 Å². The van der Waals surface area contributed by atoms with Crippen LogP contribution in [0.4, 0.5) is 8.78 Å². The minimum atomic E-state index is -2.65. The Labute approximate surface area is 247 Å². The highest BCUT2D eigenvalue weighted by Crippen LogP contribution is 2.48. The quantitative estimate of drug-likeness (QED) is 0.366. The smallest absolute Gasteiger partial charge is 0.274 e. The van der Waals surface area contributed by atoms with Gasteiger partial charge in [0.1, 0.15) is 18.0 Å². The van der Waals surface area contributed by atoms with Crippen LogP contribution >= 0.6 is 0 Å². The molecular formula is C29H38F2N8O4. The average Bonchev–Trinajstić information content (AvgIpc) is 3.47. The number of hydrogen-bond donors (Lipinski definition) is 1. The Bertz CT molecular complexity index is 1480. The van der Waals surface area contributed by atoms with Gasteiger partial charge in [-0.15, -0.1) is 0 Å². The fourth-order valence-corrected chi connectivity index (χ4v) is 6.20. The molecule has 3 aromatic rings. The van der Waals surface area contributed by atoms with Crippen LogP contribution in [0.2, 0.25) is 0 Å². The lowest BCUT2D eigenvalue weighted by atomic mass is 9.71. The minimum Gasteiger partial charge on any atom is -0.337 e. The van der Waals surface area contributed by atoms with Crippen LogP contribution in [-0.2, 0) is 4.79 Å². The Morgan fingerprint density at radius 1 is 1.28 bits per heavy atom. The molecule has 1 aliphatic carbocycles. The van der Waals surface area contributed by atoms with Gasteiger partial charge in [0.2, 0.25) is 0 Å². The number of rotatable bonds is 9. The zero-order chi connectivity index (χ0) is 30.9. The topological polar surface area (TPSA) is 143 Å². The van der Waals surface area contributed by atoms with Crippen LogP contribution < -0.4 is 5.56 Å². The van der Waals surface area contributed by atoms with Gasteiger partial charge < -0.3 is 24.1 Å². The van der Waals surface area contributed by atoms with E-state index < -0.39 is 11.8 Å². The first-order chi connectivity index (χ1) is 20.5. The van der Waals surface area contributed by atoms with Gasteiger partial charge in [-0.25, -0.2) is 13.8 Å². The summed E-state index contributed by atoms with van der Waals surface area (Å²) in [5, 5.41) is 9.19. The van der Waals surface area contributed by atoms with Crippen LogP contribution in [0.5, 0.6) is 0 Å². The van der Waals surface area contributed by atoms with Crippen LogP contribution in [0, 0.1) is 11.3 Å². The number of alkyl halides is 2. The Hall–Kier alpha value is -3.81. The number of nitrogens with one attached hydrogen (secondary N) is 1. The molecular weight excluding hydrogens is 562 g/mol. The third-order valence-corrected chi connectivity index (χ3v) is 8.74. The number of aromatic amines is 1. The Kier molecular flexibility index (Phi) is 8.59. The third-order valence-electron chi connectivity index (χ3n) is 8.74. The van der Waals surface area contributed by atoms with E-state index in [1.807, 2.05) is 17.8 Å². The third kappa shape index (κ3) is 6.29. The normalized spacial score (nSPS) is 23.3. The molecule has 3 fully saturated rings. The summed E-state index contributed by atoms with van der Waals surface area (Å²) < 4.78 is 30.8. The van der Waals surface area contributed by atoms with Gasteiger partial charge in [-0.2, -0.15) is 10.1 Å². The molecule has 5 heterocycles. The number of carbonyl (C=O) groups is 2. The number of amides is 1. The van der Waals surface area contributed by atoms with Crippen molar-refractivity contribution in [3.05, 3.63) is 58.1 Å². The number of likely N-dealkylation sites (tertiary alicyclic amines) is 2. The summed E-state index contributed by atoms with van der Waals surface area (Å²) in [5.41, 5.74) is 0.854. The van der Waals surface area contributed by atoms with E-state index in [-0.39, 0.29) is 41.0 Å². The summed E-state index contributed by atoms with van der Waals surface area (Å²) in [7, 11) is 2.07. The maximum atomic E-state index is 13.1. The molecule has 2 aliphatic heterocycles. The molecule has 4 unspecified atom stereocenters. The number of nitrogens with zero attached hydrogens (tertiary/aromatic N) is 7. The van der Waals surface area contributed by atoms with Crippen molar-refractivity contribution in [3.63, 3.8) is 0 Å². The molecule has 4 atom stereocenters. The lowest BCUT2D eigenvalue weighted by Gasteiger charge is -2.48. The molecule has 3 aromatic heterocycles. The largest absolute Gasteiger partial charge is 0.337 e. The molecule has 232 valence electrons. The zero-order valence-electron chi connectivity index (χ0n) is 24.9. The predicted molar refractivity (Wildman–Crippen MR) is 151 cm³/mol. The van der Waals surface area contributed by atoms with E-state index in [1.54, 1.807) is 4.90 Å². The molecule has 1 amide bonds. The fourth-order valence-electron chi connectivity index (χ4n) is 6.20. The molecule has 43 heavy (non-hydrogen) atoms. The maximum Gasteiger partial charge on any atom is 0.274 e. The molecule has 6 rings (SSSR count). The van der Waals surface area contributed by atoms with E-state index in [0.29, 0.717) is 37.0 Å². The predicted octanol–water partition coefficient (Wildman–Crippen LogP) is 3.26. The summed E-state index contributed by atoms with van der Waals surface area (Å²) >= 11 is 0. The molecule has 14 heteroatoms. The summed E-state index contributed by atoms with van der Waals surface area (Å²) in [6.07, 6.45) is 7.86. The monoisotopic (exact) mass is 600 g/mol. The first-order valence-corrected chi connectivity index (χ1v) is 14.7. The van der Waals surface area contributed by atoms with Crippen molar-refractivity contribution >= 4 is 12.2 Å². The van der Waals surface area contributed by atoms with E-state index in [9.17, 15) is 23.2 Å². The van der Waals surface area contributed by atoms with Gasteiger partial charge in [-0.3, -0.25) is 14.3 Å². The molecule has 0 aromatic carbocycles. The second kappa shape index (κ2) is 12.1. The highest BCUT2D eigenvalue weighted by Gasteiger charge is 2.57. The molecule has 3 aliphatic rings. The van der Waals surface area contributed by atoms with E-state index in [0.717, 1.165) is 44.2 Å². The summed E-state index contributed by atoms with van der Waals surface area (Å²) in [5.74, 6) is -2.28. The van der Waals surface area contributed by atoms with Crippen molar-refractivity contribution < 1.29 is 22.9 Å². The number of H-pyrrole nitrogens is 1. The lowest BCUT2D eigenvalue weighted by molar-refractivity contribution is -0.110. The van der Waals surface area contributed by atoms with E-state index in [4.69, 9.17) is 14.6 Å². The van der Waals surface area contributed by atoms with Crippen molar-refractivity contribution in [2.75, 3.05) is 33.2 Å². The molecule has 1 saturated carbocycles. The number of carbonyl (C=O) groups excluding carboxylic acids is 2. The van der Waals surface area contributed by atoms with Gasteiger partial charge in [0.25, 0.3) is 23.3 Å². The van der Waals surface area contributed by atoms with Crippen molar-refractivity contribution in [1.82, 2.24) is 39.7 Å². The Balaban J connectivity index is 0.000000463. The highest BCUT2D eigenvalue weighted by molar-refractivity contribution is 5.92. The van der Waals surface area contributed by atoms with Crippen molar-refractivity contribution in [1.29, 1.82) is 0 Å². The molecule has 0 bridgehead atoms. The molecule has 1 spiro atoms. The van der Waals surface area contributed by atoms with E-state index in [1.165, 1.54) is 6.20 Å². The standard InChI is InChI=1S/C25H34N8O3.C4H4F2O/c1-5-7-17(6-2)19-8-9-33(29-19)16(3)23-28-22(30-36-23)18-12-32(15-25(18)13-31(4)14-25)24(35)20-10-27-21(34)11-26-20;5-4(6)1-3(4)2-7/h8-11,16-18H,5-7,12-15H2,1-4H3,(H,27,34);2-3H,1H2. The molecule has 2 saturated heterocycles. The molecule has 1 N–H and O–H groups in total. The van der Waals surface area contributed by atoms with Crippen molar-refractivity contribution in [2.45, 2.75) is 70.3 Å². The summed E-state index contributed by atoms with van der Waals surface area (Å²) in [6.45, 7) is 9.15. The Morgan fingerprint density at radius 2 is 2.02 bits per heavy atom. The number of aromatic nitrogens is 6. The first-order valence-electron chi connectivity index (χ1n) is 14.7.